The van der Waals surface area contributed by atoms with Crippen LogP contribution in [0.3, 0.4) is 0 Å². The van der Waals surface area contributed by atoms with Gasteiger partial charge in [-0.25, -0.2) is 13.2 Å². The Morgan fingerprint density at radius 1 is 1.00 bits per heavy atom. The first kappa shape index (κ1) is 24.2. The predicted molar refractivity (Wildman–Crippen MR) is 124 cm³/mol. The topological polar surface area (TPSA) is 115 Å². The molecule has 0 radical (unpaired) electrons. The van der Waals surface area contributed by atoms with E-state index < -0.39 is 21.9 Å². The maximum Gasteiger partial charge on any atom is 0.345 e. The molecular weight excluding hydrogens is 507 g/mol. The van der Waals surface area contributed by atoms with E-state index in [0.29, 0.717) is 5.69 Å². The Bertz CT molecular complexity index is 1320. The number of sulfonamides is 1. The highest BCUT2D eigenvalue weighted by atomic mass is 35.5. The lowest BCUT2D eigenvalue weighted by Crippen LogP contribution is -2.40. The number of hydrogen-bond donors (Lipinski definition) is 1. The van der Waals surface area contributed by atoms with Gasteiger partial charge in [0.1, 0.15) is 10.6 Å². The molecule has 34 heavy (non-hydrogen) atoms. The summed E-state index contributed by atoms with van der Waals surface area (Å²) < 4.78 is 42.9. The van der Waals surface area contributed by atoms with Gasteiger partial charge in [-0.2, -0.15) is 4.31 Å². The van der Waals surface area contributed by atoms with E-state index in [-0.39, 0.29) is 58.3 Å². The smallest absolute Gasteiger partial charge is 0.345 e. The van der Waals surface area contributed by atoms with Crippen molar-refractivity contribution in [2.45, 2.75) is 4.90 Å². The van der Waals surface area contributed by atoms with Crippen molar-refractivity contribution in [3.05, 3.63) is 76.2 Å². The molecule has 0 saturated carbocycles. The first-order valence-electron chi connectivity index (χ1n) is 10.00. The first-order chi connectivity index (χ1) is 16.3. The van der Waals surface area contributed by atoms with Gasteiger partial charge in [0.2, 0.25) is 10.0 Å². The summed E-state index contributed by atoms with van der Waals surface area (Å²) >= 11 is 12.3. The Balaban J connectivity index is 1.55. The van der Waals surface area contributed by atoms with Crippen molar-refractivity contribution in [1.29, 1.82) is 0 Å². The predicted octanol–water partition coefficient (Wildman–Crippen LogP) is 4.08. The number of nitrogens with one attached hydrogen (secondary N) is 1. The summed E-state index contributed by atoms with van der Waals surface area (Å²) in [6.45, 7) is 0.841. The second-order valence-corrected chi connectivity index (χ2v) is 9.85. The third-order valence-corrected chi connectivity index (χ3v) is 7.55. The van der Waals surface area contributed by atoms with Crippen LogP contribution in [-0.4, -0.2) is 50.9 Å². The molecule has 1 fully saturated rings. The molecule has 12 heteroatoms. The number of furan rings is 1. The second-order valence-electron chi connectivity index (χ2n) is 7.13. The number of amides is 1. The number of rotatable bonds is 6. The van der Waals surface area contributed by atoms with Crippen molar-refractivity contribution in [1.82, 2.24) is 4.31 Å². The fraction of sp³-hybridized carbons (Fsp3) is 0.182. The lowest BCUT2D eigenvalue weighted by atomic mass is 10.2. The lowest BCUT2D eigenvalue weighted by molar-refractivity contribution is 0.0727. The number of nitrogens with zero attached hydrogens (tertiary/aromatic N) is 1. The van der Waals surface area contributed by atoms with Crippen molar-refractivity contribution in [3.8, 4) is 5.75 Å². The minimum absolute atomic E-state index is 0.0711. The van der Waals surface area contributed by atoms with Crippen molar-refractivity contribution in [3.63, 3.8) is 0 Å². The van der Waals surface area contributed by atoms with E-state index in [1.54, 1.807) is 18.2 Å². The Hall–Kier alpha value is -2.89. The second kappa shape index (κ2) is 10.2. The quantitative estimate of drug-likeness (QED) is 0.381. The molecular formula is C22H18Cl2N2O7S. The number of benzene rings is 2. The minimum atomic E-state index is -3.98. The Morgan fingerprint density at radius 3 is 2.47 bits per heavy atom. The highest BCUT2D eigenvalue weighted by Crippen LogP contribution is 2.32. The third kappa shape index (κ3) is 5.26. The summed E-state index contributed by atoms with van der Waals surface area (Å²) in [5, 5.41) is 2.43. The van der Waals surface area contributed by atoms with Crippen LogP contribution < -0.4 is 10.1 Å². The fourth-order valence-electron chi connectivity index (χ4n) is 3.21. The Morgan fingerprint density at radius 2 is 1.76 bits per heavy atom. The minimum Gasteiger partial charge on any atom is -0.459 e. The summed E-state index contributed by atoms with van der Waals surface area (Å²) in [4.78, 5) is 24.7. The van der Waals surface area contributed by atoms with E-state index in [0.717, 1.165) is 6.07 Å². The van der Waals surface area contributed by atoms with Gasteiger partial charge in [0.15, 0.2) is 5.76 Å². The number of ether oxygens (including phenoxy) is 2. The Labute approximate surface area is 205 Å². The van der Waals surface area contributed by atoms with Gasteiger partial charge in [-0.1, -0.05) is 29.3 Å². The third-order valence-electron chi connectivity index (χ3n) is 4.88. The van der Waals surface area contributed by atoms with Crippen LogP contribution in [0.25, 0.3) is 0 Å². The zero-order valence-electron chi connectivity index (χ0n) is 17.5. The molecule has 9 nitrogen and oxygen atoms in total. The van der Waals surface area contributed by atoms with Crippen molar-refractivity contribution in [2.24, 2.45) is 0 Å². The van der Waals surface area contributed by atoms with Crippen LogP contribution in [0.4, 0.5) is 5.69 Å². The van der Waals surface area contributed by atoms with Gasteiger partial charge in [-0.05, 0) is 36.4 Å². The maximum atomic E-state index is 13.0. The summed E-state index contributed by atoms with van der Waals surface area (Å²) in [5.74, 6) is -1.16. The molecule has 0 atom stereocenters. The summed E-state index contributed by atoms with van der Waals surface area (Å²) in [7, 11) is -3.98. The monoisotopic (exact) mass is 524 g/mol. The molecule has 0 bridgehead atoms. The van der Waals surface area contributed by atoms with Crippen LogP contribution in [0.2, 0.25) is 10.0 Å². The summed E-state index contributed by atoms with van der Waals surface area (Å²) in [6.07, 6.45) is 1.37. The molecule has 3 aromatic rings. The van der Waals surface area contributed by atoms with Gasteiger partial charge in [0.25, 0.3) is 5.91 Å². The Kier molecular flexibility index (Phi) is 7.24. The van der Waals surface area contributed by atoms with Gasteiger partial charge in [-0.15, -0.1) is 0 Å². The molecule has 2 aromatic carbocycles. The number of carbonyl (C=O) groups is 2. The SMILES string of the molecule is O=C(Nc1cccc(OC(=O)c2cc(S(=O)(=O)N3CCOCC3)c(Cl)cc2Cl)c1)c1ccco1. The number of anilines is 1. The normalized spacial score (nSPS) is 14.5. The summed E-state index contributed by atoms with van der Waals surface area (Å²) in [6, 6.07) is 11.5. The van der Waals surface area contributed by atoms with Gasteiger partial charge in [0.05, 0.1) is 35.1 Å². The highest BCUT2D eigenvalue weighted by molar-refractivity contribution is 7.89. The van der Waals surface area contributed by atoms with E-state index in [1.165, 1.54) is 34.8 Å². The summed E-state index contributed by atoms with van der Waals surface area (Å²) in [5.41, 5.74) is 0.174. The van der Waals surface area contributed by atoms with Crippen molar-refractivity contribution >= 4 is 50.8 Å². The van der Waals surface area contributed by atoms with E-state index >= 15 is 0 Å². The molecule has 178 valence electrons. The molecule has 1 aliphatic heterocycles. The molecule has 1 aromatic heterocycles. The van der Waals surface area contributed by atoms with Crippen molar-refractivity contribution in [2.75, 3.05) is 31.6 Å². The number of carbonyl (C=O) groups excluding carboxylic acids is 2. The number of hydrogen-bond acceptors (Lipinski definition) is 7. The van der Waals surface area contributed by atoms with Crippen LogP contribution in [-0.2, 0) is 14.8 Å². The van der Waals surface area contributed by atoms with Crippen LogP contribution in [0, 0.1) is 0 Å². The van der Waals surface area contributed by atoms with Gasteiger partial charge in [0, 0.05) is 24.8 Å². The molecule has 1 N–H and O–H groups in total. The molecule has 1 aliphatic rings. The molecule has 0 unspecified atom stereocenters. The van der Waals surface area contributed by atoms with Crippen LogP contribution in [0.1, 0.15) is 20.9 Å². The van der Waals surface area contributed by atoms with E-state index in [4.69, 9.17) is 37.1 Å². The maximum absolute atomic E-state index is 13.0. The zero-order valence-corrected chi connectivity index (χ0v) is 19.8. The zero-order chi connectivity index (χ0) is 24.3. The van der Waals surface area contributed by atoms with E-state index in [1.807, 2.05) is 0 Å². The van der Waals surface area contributed by atoms with Gasteiger partial charge < -0.3 is 19.2 Å². The molecule has 1 saturated heterocycles. The molecule has 4 rings (SSSR count). The van der Waals surface area contributed by atoms with Gasteiger partial charge in [-0.3, -0.25) is 4.79 Å². The number of morpholine rings is 1. The van der Waals surface area contributed by atoms with Crippen LogP contribution in [0.5, 0.6) is 5.75 Å². The van der Waals surface area contributed by atoms with E-state index in [2.05, 4.69) is 5.32 Å². The molecule has 0 aliphatic carbocycles. The largest absolute Gasteiger partial charge is 0.459 e. The van der Waals surface area contributed by atoms with Crippen LogP contribution >= 0.6 is 23.2 Å². The fourth-order valence-corrected chi connectivity index (χ4v) is 5.44. The van der Waals surface area contributed by atoms with Crippen molar-refractivity contribution < 1.29 is 31.9 Å². The first-order valence-corrected chi connectivity index (χ1v) is 12.2. The highest BCUT2D eigenvalue weighted by Gasteiger charge is 2.30. The number of halogens is 2. The average Bonchev–Trinajstić information content (AvgIpc) is 3.35. The average molecular weight is 525 g/mol. The van der Waals surface area contributed by atoms with Gasteiger partial charge >= 0.3 is 5.97 Å². The molecule has 2 heterocycles. The standard InChI is InChI=1S/C22H18Cl2N2O7S/c23-17-13-18(24)20(34(29,30)26-6-9-31-10-7-26)12-16(17)22(28)33-15-4-1-3-14(11-15)25-21(27)19-5-2-8-32-19/h1-5,8,11-13H,6-7,9-10H2,(H,25,27). The molecule has 1 amide bonds. The van der Waals surface area contributed by atoms with Crippen LogP contribution in [0.15, 0.2) is 64.1 Å². The number of esters is 1. The van der Waals surface area contributed by atoms with E-state index in [9.17, 15) is 18.0 Å². The lowest BCUT2D eigenvalue weighted by Gasteiger charge is -2.26. The molecule has 0 spiro atoms.